The van der Waals surface area contributed by atoms with Crippen LogP contribution >= 0.6 is 23.1 Å². The van der Waals surface area contributed by atoms with Crippen molar-refractivity contribution >= 4 is 33.3 Å². The summed E-state index contributed by atoms with van der Waals surface area (Å²) >= 11 is 3.81. The fourth-order valence-corrected chi connectivity index (χ4v) is 4.17. The lowest BCUT2D eigenvalue weighted by molar-refractivity contribution is 0.486. The fraction of sp³-hybridized carbons (Fsp3) is 0.462. The number of hydrogen-bond donors (Lipinski definition) is 1. The Morgan fingerprint density at radius 1 is 1.53 bits per heavy atom. The highest BCUT2D eigenvalue weighted by atomic mass is 32.2. The lowest BCUT2D eigenvalue weighted by atomic mass is 10.1. The molecular formula is C13H16N2S2. The van der Waals surface area contributed by atoms with E-state index in [4.69, 9.17) is 0 Å². The molecule has 2 unspecified atom stereocenters. The van der Waals surface area contributed by atoms with Gasteiger partial charge in [0.2, 0.25) is 0 Å². The van der Waals surface area contributed by atoms with E-state index in [1.54, 1.807) is 11.3 Å². The fourth-order valence-electron chi connectivity index (χ4n) is 2.21. The first-order valence-corrected chi connectivity index (χ1v) is 8.03. The van der Waals surface area contributed by atoms with Gasteiger partial charge in [0.25, 0.3) is 0 Å². The number of pyridine rings is 1. The molecule has 0 bridgehead atoms. The zero-order chi connectivity index (χ0) is 11.7. The average Bonchev–Trinajstić information content (AvgIpc) is 2.97. The Bertz CT molecular complexity index is 503. The van der Waals surface area contributed by atoms with Gasteiger partial charge in [0.05, 0.1) is 10.2 Å². The Morgan fingerprint density at radius 3 is 3.29 bits per heavy atom. The van der Waals surface area contributed by atoms with Gasteiger partial charge in [0.1, 0.15) is 0 Å². The largest absolute Gasteiger partial charge is 0.307 e. The van der Waals surface area contributed by atoms with Crippen molar-refractivity contribution in [2.24, 2.45) is 0 Å². The van der Waals surface area contributed by atoms with Gasteiger partial charge in [-0.2, -0.15) is 11.8 Å². The van der Waals surface area contributed by atoms with E-state index >= 15 is 0 Å². The van der Waals surface area contributed by atoms with Crippen LogP contribution in [0, 0.1) is 0 Å². The highest BCUT2D eigenvalue weighted by molar-refractivity contribution is 7.99. The number of nitrogens with one attached hydrogen (secondary N) is 1. The van der Waals surface area contributed by atoms with Crippen LogP contribution in [-0.2, 0) is 0 Å². The molecule has 1 aliphatic heterocycles. The van der Waals surface area contributed by atoms with Crippen LogP contribution in [0.3, 0.4) is 0 Å². The van der Waals surface area contributed by atoms with E-state index in [1.165, 1.54) is 28.2 Å². The predicted octanol–water partition coefficient (Wildman–Crippen LogP) is 3.45. The summed E-state index contributed by atoms with van der Waals surface area (Å²) in [4.78, 5) is 4.50. The summed E-state index contributed by atoms with van der Waals surface area (Å²) < 4.78 is 1.29. The molecule has 1 fully saturated rings. The van der Waals surface area contributed by atoms with Crippen LogP contribution in [0.4, 0.5) is 0 Å². The van der Waals surface area contributed by atoms with E-state index < -0.39 is 0 Å². The first-order chi connectivity index (χ1) is 8.33. The third-order valence-corrected chi connectivity index (χ3v) is 5.25. The van der Waals surface area contributed by atoms with Gasteiger partial charge < -0.3 is 5.32 Å². The van der Waals surface area contributed by atoms with E-state index in [9.17, 15) is 0 Å². The van der Waals surface area contributed by atoms with Gasteiger partial charge in [-0.1, -0.05) is 0 Å². The quantitative estimate of drug-likeness (QED) is 0.919. The van der Waals surface area contributed by atoms with E-state index in [2.05, 4.69) is 34.7 Å². The Hall–Kier alpha value is -0.580. The molecule has 0 saturated carbocycles. The van der Waals surface area contributed by atoms with Gasteiger partial charge in [0, 0.05) is 24.0 Å². The number of nitrogens with zero attached hydrogens (tertiary/aromatic N) is 1. The third-order valence-electron chi connectivity index (χ3n) is 3.24. The first-order valence-electron chi connectivity index (χ1n) is 6.00. The van der Waals surface area contributed by atoms with Gasteiger partial charge in [-0.25, -0.2) is 0 Å². The number of fused-ring (bicyclic) bond motifs is 1. The zero-order valence-corrected chi connectivity index (χ0v) is 11.5. The van der Waals surface area contributed by atoms with E-state index in [-0.39, 0.29) is 0 Å². The van der Waals surface area contributed by atoms with Crippen molar-refractivity contribution in [3.05, 3.63) is 29.3 Å². The highest BCUT2D eigenvalue weighted by Gasteiger charge is 2.18. The average molecular weight is 264 g/mol. The minimum absolute atomic E-state index is 0.401. The molecule has 1 saturated heterocycles. The zero-order valence-electron chi connectivity index (χ0n) is 9.85. The van der Waals surface area contributed by atoms with Gasteiger partial charge in [-0.15, -0.1) is 11.3 Å². The van der Waals surface area contributed by atoms with E-state index in [0.29, 0.717) is 12.1 Å². The molecule has 3 rings (SSSR count). The summed E-state index contributed by atoms with van der Waals surface area (Å²) in [5.41, 5.74) is 2.42. The number of thioether (sulfide) groups is 1. The number of aromatic nitrogens is 1. The summed E-state index contributed by atoms with van der Waals surface area (Å²) in [7, 11) is 0. The Kier molecular flexibility index (Phi) is 3.36. The van der Waals surface area contributed by atoms with Gasteiger partial charge >= 0.3 is 0 Å². The molecule has 4 heteroatoms. The minimum atomic E-state index is 0.401. The molecule has 0 aliphatic carbocycles. The second kappa shape index (κ2) is 4.96. The van der Waals surface area contributed by atoms with Gasteiger partial charge in [-0.3, -0.25) is 4.98 Å². The van der Waals surface area contributed by atoms with Crippen LogP contribution in [0.1, 0.15) is 24.9 Å². The Morgan fingerprint density at radius 2 is 2.47 bits per heavy atom. The maximum absolute atomic E-state index is 4.50. The standard InChI is InChI=1S/C13H16N2S2/c1-9(15-11-2-4-16-8-11)10-6-13-12(14-7-10)3-5-17-13/h3,5-7,9,11,15H,2,4,8H2,1H3. The van der Waals surface area contributed by atoms with Crippen molar-refractivity contribution in [3.63, 3.8) is 0 Å². The van der Waals surface area contributed by atoms with Crippen LogP contribution in [-0.4, -0.2) is 22.5 Å². The van der Waals surface area contributed by atoms with Crippen molar-refractivity contribution in [1.29, 1.82) is 0 Å². The summed E-state index contributed by atoms with van der Waals surface area (Å²) in [6.07, 6.45) is 3.30. The summed E-state index contributed by atoms with van der Waals surface area (Å²) in [6.45, 7) is 2.24. The molecular weight excluding hydrogens is 248 g/mol. The van der Waals surface area contributed by atoms with E-state index in [0.717, 1.165) is 5.52 Å². The second-order valence-electron chi connectivity index (χ2n) is 4.52. The van der Waals surface area contributed by atoms with E-state index in [1.807, 2.05) is 18.0 Å². The minimum Gasteiger partial charge on any atom is -0.307 e. The number of thiophene rings is 1. The summed E-state index contributed by atoms with van der Waals surface area (Å²) in [6, 6.07) is 5.43. The molecule has 2 nitrogen and oxygen atoms in total. The lowest BCUT2D eigenvalue weighted by Crippen LogP contribution is -2.31. The molecule has 0 spiro atoms. The second-order valence-corrected chi connectivity index (χ2v) is 6.62. The molecule has 3 heterocycles. The Labute approximate surface area is 110 Å². The monoisotopic (exact) mass is 264 g/mol. The Balaban J connectivity index is 1.77. The molecule has 0 amide bonds. The van der Waals surface area contributed by atoms with Crippen LogP contribution in [0.25, 0.3) is 10.2 Å². The van der Waals surface area contributed by atoms with Crippen LogP contribution in [0.15, 0.2) is 23.7 Å². The van der Waals surface area contributed by atoms with Gasteiger partial charge in [-0.05, 0) is 42.2 Å². The SMILES string of the molecule is CC(NC1CCSC1)c1cnc2ccsc2c1. The van der Waals surface area contributed by atoms with Crippen molar-refractivity contribution in [2.45, 2.75) is 25.4 Å². The molecule has 1 aliphatic rings. The molecule has 2 atom stereocenters. The topological polar surface area (TPSA) is 24.9 Å². The number of rotatable bonds is 3. The molecule has 2 aromatic heterocycles. The van der Waals surface area contributed by atoms with Crippen LogP contribution in [0.2, 0.25) is 0 Å². The smallest absolute Gasteiger partial charge is 0.0809 e. The van der Waals surface area contributed by atoms with Crippen LogP contribution < -0.4 is 5.32 Å². The maximum atomic E-state index is 4.50. The van der Waals surface area contributed by atoms with Crippen molar-refractivity contribution in [3.8, 4) is 0 Å². The maximum Gasteiger partial charge on any atom is 0.0809 e. The van der Waals surface area contributed by atoms with Crippen molar-refractivity contribution in [2.75, 3.05) is 11.5 Å². The highest BCUT2D eigenvalue weighted by Crippen LogP contribution is 2.24. The van der Waals surface area contributed by atoms with Crippen molar-refractivity contribution in [1.82, 2.24) is 10.3 Å². The molecule has 17 heavy (non-hydrogen) atoms. The molecule has 2 aromatic rings. The lowest BCUT2D eigenvalue weighted by Gasteiger charge is -2.18. The summed E-state index contributed by atoms with van der Waals surface area (Å²) in [5, 5.41) is 5.80. The molecule has 0 radical (unpaired) electrons. The molecule has 0 aromatic carbocycles. The predicted molar refractivity (Wildman–Crippen MR) is 76.9 cm³/mol. The first kappa shape index (κ1) is 11.5. The van der Waals surface area contributed by atoms with Crippen molar-refractivity contribution < 1.29 is 0 Å². The molecule has 90 valence electrons. The van der Waals surface area contributed by atoms with Crippen LogP contribution in [0.5, 0.6) is 0 Å². The third kappa shape index (κ3) is 2.49. The normalized spacial score (nSPS) is 22.1. The summed E-state index contributed by atoms with van der Waals surface area (Å²) in [5.74, 6) is 2.55. The van der Waals surface area contributed by atoms with Gasteiger partial charge in [0.15, 0.2) is 0 Å². The molecule has 1 N–H and O–H groups in total. The number of hydrogen-bond acceptors (Lipinski definition) is 4.